The Morgan fingerprint density at radius 3 is 2.57 bits per heavy atom. The normalized spacial score (nSPS) is 10.3. The summed E-state index contributed by atoms with van der Waals surface area (Å²) in [6, 6.07) is 13.9. The van der Waals surface area contributed by atoms with Gasteiger partial charge >= 0.3 is 5.97 Å². The molecule has 0 radical (unpaired) electrons. The van der Waals surface area contributed by atoms with Crippen molar-refractivity contribution in [3.05, 3.63) is 82.2 Å². The molecule has 0 saturated heterocycles. The van der Waals surface area contributed by atoms with Crippen molar-refractivity contribution >= 4 is 23.3 Å². The molecule has 3 aromatic rings. The van der Waals surface area contributed by atoms with Crippen LogP contribution in [0.3, 0.4) is 0 Å². The van der Waals surface area contributed by atoms with E-state index in [4.69, 9.17) is 4.74 Å². The lowest BCUT2D eigenvalue weighted by Gasteiger charge is -2.08. The van der Waals surface area contributed by atoms with Crippen molar-refractivity contribution in [3.8, 4) is 5.69 Å². The number of nitro benzene ring substituents is 1. The molecule has 0 bridgehead atoms. The van der Waals surface area contributed by atoms with Crippen molar-refractivity contribution in [3.63, 3.8) is 0 Å². The number of ether oxygens (including phenoxy) is 1. The number of rotatable bonds is 6. The van der Waals surface area contributed by atoms with Crippen LogP contribution in [0.4, 0.5) is 11.4 Å². The van der Waals surface area contributed by atoms with Crippen LogP contribution in [-0.2, 0) is 9.53 Å². The maximum Gasteiger partial charge on any atom is 0.338 e. The number of hydrogen-bond donors (Lipinski definition) is 1. The summed E-state index contributed by atoms with van der Waals surface area (Å²) in [4.78, 5) is 34.2. The van der Waals surface area contributed by atoms with Gasteiger partial charge in [0, 0.05) is 29.7 Å². The second-order valence-corrected chi connectivity index (χ2v) is 5.86. The van der Waals surface area contributed by atoms with Gasteiger partial charge in [0.05, 0.1) is 16.2 Å². The zero-order chi connectivity index (χ0) is 20.1. The Hall–Kier alpha value is -4.01. The van der Waals surface area contributed by atoms with Crippen LogP contribution in [0.2, 0.25) is 0 Å². The third kappa shape index (κ3) is 4.39. The van der Waals surface area contributed by atoms with Gasteiger partial charge in [-0.25, -0.2) is 9.48 Å². The molecule has 1 heterocycles. The number of aryl methyl sites for hydroxylation is 1. The van der Waals surface area contributed by atoms with E-state index in [1.807, 2.05) is 13.0 Å². The van der Waals surface area contributed by atoms with Gasteiger partial charge in [0.1, 0.15) is 0 Å². The number of amides is 1. The van der Waals surface area contributed by atoms with Gasteiger partial charge in [0.25, 0.3) is 11.6 Å². The van der Waals surface area contributed by atoms with Crippen molar-refractivity contribution in [2.24, 2.45) is 0 Å². The first-order valence-electron chi connectivity index (χ1n) is 8.26. The number of nitro groups is 1. The van der Waals surface area contributed by atoms with Gasteiger partial charge in [-0.2, -0.15) is 5.10 Å². The van der Waals surface area contributed by atoms with E-state index in [2.05, 4.69) is 10.4 Å². The zero-order valence-corrected chi connectivity index (χ0v) is 14.9. The molecule has 0 atom stereocenters. The number of aromatic nitrogens is 2. The van der Waals surface area contributed by atoms with Crippen LogP contribution < -0.4 is 5.32 Å². The summed E-state index contributed by atoms with van der Waals surface area (Å²) in [6.07, 6.45) is 1.68. The molecule has 0 unspecified atom stereocenters. The highest BCUT2D eigenvalue weighted by atomic mass is 16.6. The van der Waals surface area contributed by atoms with E-state index < -0.39 is 23.4 Å². The molecular formula is C19H16N4O5. The number of carbonyl (C=O) groups is 2. The van der Waals surface area contributed by atoms with Gasteiger partial charge in [0.2, 0.25) is 0 Å². The maximum absolute atomic E-state index is 12.1. The average Bonchev–Trinajstić information content (AvgIpc) is 3.12. The number of nitrogens with zero attached hydrogens (tertiary/aromatic N) is 3. The van der Waals surface area contributed by atoms with Crippen LogP contribution in [0, 0.1) is 17.0 Å². The first-order valence-corrected chi connectivity index (χ1v) is 8.26. The molecule has 142 valence electrons. The molecular weight excluding hydrogens is 364 g/mol. The van der Waals surface area contributed by atoms with Gasteiger partial charge in [-0.1, -0.05) is 6.07 Å². The van der Waals surface area contributed by atoms with E-state index in [-0.39, 0.29) is 16.9 Å². The topological polar surface area (TPSA) is 116 Å². The predicted octanol–water partition coefficient (Wildman–Crippen LogP) is 2.88. The molecule has 1 N–H and O–H groups in total. The lowest BCUT2D eigenvalue weighted by atomic mass is 10.2. The molecule has 0 fully saturated rings. The van der Waals surface area contributed by atoms with E-state index in [0.717, 1.165) is 11.4 Å². The van der Waals surface area contributed by atoms with Gasteiger partial charge in [-0.05, 0) is 43.3 Å². The SMILES string of the molecule is Cc1ccnn1-c1ccc(C(=O)OCC(=O)Nc2cccc([N+](=O)[O-])c2)cc1. The van der Waals surface area contributed by atoms with E-state index in [9.17, 15) is 19.7 Å². The largest absolute Gasteiger partial charge is 0.452 e. The molecule has 1 amide bonds. The minimum atomic E-state index is -0.655. The summed E-state index contributed by atoms with van der Waals surface area (Å²) in [5, 5.41) is 17.4. The van der Waals surface area contributed by atoms with Crippen LogP contribution in [0.5, 0.6) is 0 Å². The molecule has 28 heavy (non-hydrogen) atoms. The van der Waals surface area contributed by atoms with Crippen molar-refractivity contribution in [1.29, 1.82) is 0 Å². The fourth-order valence-electron chi connectivity index (χ4n) is 2.49. The average molecular weight is 380 g/mol. The lowest BCUT2D eigenvalue weighted by Crippen LogP contribution is -2.21. The molecule has 0 saturated carbocycles. The van der Waals surface area contributed by atoms with Crippen LogP contribution >= 0.6 is 0 Å². The van der Waals surface area contributed by atoms with Crippen molar-refractivity contribution < 1.29 is 19.2 Å². The molecule has 9 heteroatoms. The number of nitrogens with one attached hydrogen (secondary N) is 1. The second-order valence-electron chi connectivity index (χ2n) is 5.86. The first kappa shape index (κ1) is 18.8. The number of esters is 1. The molecule has 1 aromatic heterocycles. The van der Waals surface area contributed by atoms with E-state index in [0.29, 0.717) is 0 Å². The lowest BCUT2D eigenvalue weighted by molar-refractivity contribution is -0.384. The van der Waals surface area contributed by atoms with Crippen molar-refractivity contribution in [2.45, 2.75) is 6.92 Å². The summed E-state index contributed by atoms with van der Waals surface area (Å²) in [6.45, 7) is 1.40. The third-order valence-electron chi connectivity index (χ3n) is 3.85. The monoisotopic (exact) mass is 380 g/mol. The zero-order valence-electron chi connectivity index (χ0n) is 14.9. The molecule has 0 aliphatic heterocycles. The summed E-state index contributed by atoms with van der Waals surface area (Å²) in [5.74, 6) is -1.25. The number of hydrogen-bond acceptors (Lipinski definition) is 6. The van der Waals surface area contributed by atoms with Gasteiger partial charge < -0.3 is 10.1 Å². The Labute approximate surface area is 159 Å². The van der Waals surface area contributed by atoms with E-state index in [1.54, 1.807) is 35.1 Å². The fraction of sp³-hybridized carbons (Fsp3) is 0.105. The highest BCUT2D eigenvalue weighted by molar-refractivity contribution is 5.95. The number of non-ortho nitro benzene ring substituents is 1. The Kier molecular flexibility index (Phi) is 5.45. The van der Waals surface area contributed by atoms with Crippen LogP contribution in [-0.4, -0.2) is 33.2 Å². The van der Waals surface area contributed by atoms with Gasteiger partial charge in [0.15, 0.2) is 6.61 Å². The van der Waals surface area contributed by atoms with Gasteiger partial charge in [-0.15, -0.1) is 0 Å². The third-order valence-corrected chi connectivity index (χ3v) is 3.85. The quantitative estimate of drug-likeness (QED) is 0.399. The molecule has 0 aliphatic rings. The minimum Gasteiger partial charge on any atom is -0.452 e. The highest BCUT2D eigenvalue weighted by Gasteiger charge is 2.12. The summed E-state index contributed by atoms with van der Waals surface area (Å²) in [7, 11) is 0. The van der Waals surface area contributed by atoms with Gasteiger partial charge in [-0.3, -0.25) is 14.9 Å². The van der Waals surface area contributed by atoms with E-state index >= 15 is 0 Å². The highest BCUT2D eigenvalue weighted by Crippen LogP contribution is 2.17. The molecule has 9 nitrogen and oxygen atoms in total. The van der Waals surface area contributed by atoms with Crippen molar-refractivity contribution in [2.75, 3.05) is 11.9 Å². The van der Waals surface area contributed by atoms with Crippen LogP contribution in [0.25, 0.3) is 5.69 Å². The second kappa shape index (κ2) is 8.12. The summed E-state index contributed by atoms with van der Waals surface area (Å²) < 4.78 is 6.71. The number of anilines is 1. The molecule has 0 spiro atoms. The minimum absolute atomic E-state index is 0.151. The van der Waals surface area contributed by atoms with Crippen molar-refractivity contribution in [1.82, 2.24) is 9.78 Å². The fourth-order valence-corrected chi connectivity index (χ4v) is 2.49. The molecule has 0 aliphatic carbocycles. The molecule has 3 rings (SSSR count). The Balaban J connectivity index is 1.56. The molecule has 2 aromatic carbocycles. The summed E-state index contributed by atoms with van der Waals surface area (Å²) in [5.41, 5.74) is 2.13. The van der Waals surface area contributed by atoms with E-state index in [1.165, 1.54) is 24.3 Å². The smallest absolute Gasteiger partial charge is 0.338 e. The standard InChI is InChI=1S/C19H16N4O5/c1-13-9-10-20-22(13)16-7-5-14(6-8-16)19(25)28-12-18(24)21-15-3-2-4-17(11-15)23(26)27/h2-11H,12H2,1H3,(H,21,24). The van der Waals surface area contributed by atoms with Crippen LogP contribution in [0.15, 0.2) is 60.8 Å². The number of benzene rings is 2. The predicted molar refractivity (Wildman–Crippen MR) is 100 cm³/mol. The Morgan fingerprint density at radius 2 is 1.93 bits per heavy atom. The Bertz CT molecular complexity index is 1030. The summed E-state index contributed by atoms with van der Waals surface area (Å²) >= 11 is 0. The number of carbonyl (C=O) groups excluding carboxylic acids is 2. The maximum atomic E-state index is 12.1. The first-order chi connectivity index (χ1) is 13.4. The Morgan fingerprint density at radius 1 is 1.18 bits per heavy atom. The van der Waals surface area contributed by atoms with Crippen LogP contribution in [0.1, 0.15) is 16.1 Å².